The van der Waals surface area contributed by atoms with Crippen molar-refractivity contribution in [2.45, 2.75) is 33.7 Å². The highest BCUT2D eigenvalue weighted by molar-refractivity contribution is 7.88. The number of carbonyl (C=O) groups excluding carboxylic acids is 1. The fourth-order valence-electron chi connectivity index (χ4n) is 5.05. The predicted octanol–water partition coefficient (Wildman–Crippen LogP) is 5.33. The number of hydrogen-bond donors (Lipinski definition) is 4. The Balaban J connectivity index is 1.38. The van der Waals surface area contributed by atoms with Gasteiger partial charge in [-0.15, -0.1) is 0 Å². The van der Waals surface area contributed by atoms with Crippen molar-refractivity contribution in [1.29, 1.82) is 0 Å². The summed E-state index contributed by atoms with van der Waals surface area (Å²) < 4.78 is 56.3. The highest BCUT2D eigenvalue weighted by atomic mass is 32.2. The number of halogens is 2. The number of H-pyrrole nitrogens is 2. The molecule has 1 amide bonds. The number of carbonyl (C=O) groups is 1. The highest BCUT2D eigenvalue weighted by Crippen LogP contribution is 2.35. The van der Waals surface area contributed by atoms with Crippen LogP contribution in [0.1, 0.15) is 32.8 Å². The van der Waals surface area contributed by atoms with Gasteiger partial charge in [-0.1, -0.05) is 20.8 Å². The Hall–Kier alpha value is -5.15. The van der Waals surface area contributed by atoms with Crippen LogP contribution < -0.4 is 10.0 Å². The summed E-state index contributed by atoms with van der Waals surface area (Å²) in [6.07, 6.45) is 8.74. The number of nitrogens with zero attached hydrogens (tertiary/aromatic N) is 5. The van der Waals surface area contributed by atoms with Crippen LogP contribution in [-0.4, -0.2) is 55.7 Å². The van der Waals surface area contributed by atoms with E-state index in [4.69, 9.17) is 0 Å². The molecule has 0 aliphatic heterocycles. The van der Waals surface area contributed by atoms with Crippen molar-refractivity contribution in [3.05, 3.63) is 72.4 Å². The molecule has 0 fully saturated rings. The zero-order chi connectivity index (χ0) is 32.8. The van der Waals surface area contributed by atoms with E-state index in [9.17, 15) is 17.6 Å². The summed E-state index contributed by atoms with van der Waals surface area (Å²) in [5.74, 6) is -1.20. The third kappa shape index (κ3) is 6.60. The summed E-state index contributed by atoms with van der Waals surface area (Å²) in [4.78, 5) is 33.0. The van der Waals surface area contributed by atoms with E-state index >= 15 is 4.39 Å². The van der Waals surface area contributed by atoms with Gasteiger partial charge in [0.15, 0.2) is 11.6 Å². The molecule has 0 radical (unpaired) electrons. The van der Waals surface area contributed by atoms with Gasteiger partial charge in [0, 0.05) is 36.5 Å². The zero-order valence-corrected chi connectivity index (χ0v) is 26.1. The van der Waals surface area contributed by atoms with E-state index < -0.39 is 21.7 Å². The van der Waals surface area contributed by atoms with Crippen LogP contribution in [0, 0.1) is 17.0 Å². The highest BCUT2D eigenvalue weighted by Gasteiger charge is 2.22. The molecule has 4 N–H and O–H groups in total. The molecule has 0 atom stereocenters. The molecule has 0 saturated carbocycles. The summed E-state index contributed by atoms with van der Waals surface area (Å²) in [7, 11) is -3.49. The summed E-state index contributed by atoms with van der Waals surface area (Å²) in [5, 5.41) is 10.0. The molecule has 0 spiro atoms. The molecule has 0 aliphatic carbocycles. The number of aromatic amines is 2. The first-order valence-electron chi connectivity index (χ1n) is 14.1. The minimum atomic E-state index is -3.49. The largest absolute Gasteiger partial charge is 0.335 e. The molecule has 5 aromatic heterocycles. The first kappa shape index (κ1) is 30.9. The third-order valence-electron chi connectivity index (χ3n) is 6.96. The van der Waals surface area contributed by atoms with Gasteiger partial charge >= 0.3 is 0 Å². The minimum Gasteiger partial charge on any atom is -0.335 e. The van der Waals surface area contributed by atoms with Crippen LogP contribution in [-0.2, 0) is 21.4 Å². The van der Waals surface area contributed by atoms with Crippen molar-refractivity contribution in [2.24, 2.45) is 5.41 Å². The number of rotatable bonds is 8. The quantitative estimate of drug-likeness (QED) is 0.172. The van der Waals surface area contributed by atoms with Crippen molar-refractivity contribution in [3.8, 4) is 33.9 Å². The molecule has 46 heavy (non-hydrogen) atoms. The van der Waals surface area contributed by atoms with E-state index in [1.807, 2.05) is 20.8 Å². The fraction of sp³-hybridized carbons (Fsp3) is 0.226. The first-order valence-corrected chi connectivity index (χ1v) is 16.0. The van der Waals surface area contributed by atoms with Gasteiger partial charge in [-0.05, 0) is 40.8 Å². The van der Waals surface area contributed by atoms with Crippen LogP contribution in [0.25, 0.3) is 55.8 Å². The molecule has 6 aromatic rings. The molecule has 12 nitrogen and oxygen atoms in total. The lowest BCUT2D eigenvalue weighted by atomic mass is 9.92. The molecule has 0 saturated heterocycles. The van der Waals surface area contributed by atoms with Crippen LogP contribution in [0.4, 0.5) is 14.5 Å². The SMILES string of the molecule is CC(C)(C)CC(=O)Nc1cncc(-c2ncc3[nH]nc(-c4nc5c(-c6cc(F)cc(CNS(C)(=O)=O)c6)cncc5[nH]4)c3c2F)c1. The number of nitrogens with one attached hydrogen (secondary N) is 4. The molecule has 6 rings (SSSR count). The lowest BCUT2D eigenvalue weighted by Gasteiger charge is -2.17. The lowest BCUT2D eigenvalue weighted by Crippen LogP contribution is -2.21. The van der Waals surface area contributed by atoms with Gasteiger partial charge in [0.05, 0.1) is 52.5 Å². The normalized spacial score (nSPS) is 12.2. The number of benzene rings is 1. The van der Waals surface area contributed by atoms with E-state index in [1.54, 1.807) is 12.1 Å². The number of hydrogen-bond acceptors (Lipinski definition) is 8. The van der Waals surface area contributed by atoms with Crippen LogP contribution in [0.5, 0.6) is 0 Å². The van der Waals surface area contributed by atoms with Crippen molar-refractivity contribution in [2.75, 3.05) is 11.6 Å². The maximum Gasteiger partial charge on any atom is 0.224 e. The lowest BCUT2D eigenvalue weighted by molar-refractivity contribution is -0.117. The average Bonchev–Trinajstić information content (AvgIpc) is 3.59. The minimum absolute atomic E-state index is 0.00281. The maximum atomic E-state index is 16.2. The van der Waals surface area contributed by atoms with E-state index in [-0.39, 0.29) is 40.5 Å². The Morgan fingerprint density at radius 3 is 2.48 bits per heavy atom. The van der Waals surface area contributed by atoms with E-state index in [0.29, 0.717) is 50.9 Å². The fourth-order valence-corrected chi connectivity index (χ4v) is 5.48. The number of anilines is 1. The second-order valence-corrected chi connectivity index (χ2v) is 14.0. The van der Waals surface area contributed by atoms with Crippen LogP contribution in [0.2, 0.25) is 0 Å². The second kappa shape index (κ2) is 11.7. The van der Waals surface area contributed by atoms with Gasteiger partial charge in [-0.25, -0.2) is 26.9 Å². The first-order chi connectivity index (χ1) is 21.7. The van der Waals surface area contributed by atoms with Crippen molar-refractivity contribution in [1.82, 2.24) is 39.8 Å². The van der Waals surface area contributed by atoms with E-state index in [0.717, 1.165) is 6.26 Å². The molecular weight excluding hydrogens is 616 g/mol. The van der Waals surface area contributed by atoms with Gasteiger partial charge in [-0.2, -0.15) is 5.10 Å². The standard InChI is InChI=1S/C31H29F2N9O3S/c1-31(2,3)9-24(43)38-20-8-18(11-34-12-20)27-26(33)25-22(15-36-27)41-42-29(25)30-39-23-14-35-13-21(28(23)40-30)17-5-16(6-19(32)7-17)10-37-46(4,44)45/h5-8,11-15,37H,9-10H2,1-4H3,(H,38,43)(H,39,40)(H,41,42). The Kier molecular flexibility index (Phi) is 7.82. The molecule has 0 unspecified atom stereocenters. The van der Waals surface area contributed by atoms with Crippen LogP contribution >= 0.6 is 0 Å². The van der Waals surface area contributed by atoms with Crippen LogP contribution in [0.15, 0.2) is 55.2 Å². The monoisotopic (exact) mass is 645 g/mol. The predicted molar refractivity (Wildman–Crippen MR) is 170 cm³/mol. The number of sulfonamides is 1. The smallest absolute Gasteiger partial charge is 0.224 e. The number of fused-ring (bicyclic) bond motifs is 2. The molecule has 0 bridgehead atoms. The Labute approximate surface area is 262 Å². The molecule has 0 aliphatic rings. The van der Waals surface area contributed by atoms with Gasteiger partial charge in [0.2, 0.25) is 15.9 Å². The summed E-state index contributed by atoms with van der Waals surface area (Å²) in [6, 6.07) is 5.77. The Morgan fingerprint density at radius 2 is 1.72 bits per heavy atom. The molecule has 5 heterocycles. The molecule has 15 heteroatoms. The van der Waals surface area contributed by atoms with Crippen molar-refractivity contribution >= 4 is 43.6 Å². The number of pyridine rings is 3. The number of amides is 1. The molecular formula is C31H29F2N9O3S. The zero-order valence-electron chi connectivity index (χ0n) is 25.2. The molecule has 1 aromatic carbocycles. The maximum absolute atomic E-state index is 16.2. The number of aromatic nitrogens is 7. The topological polar surface area (TPSA) is 171 Å². The Morgan fingerprint density at radius 1 is 0.935 bits per heavy atom. The summed E-state index contributed by atoms with van der Waals surface area (Å²) in [5.41, 5.74) is 3.26. The van der Waals surface area contributed by atoms with Gasteiger partial charge in [-0.3, -0.25) is 24.8 Å². The third-order valence-corrected chi connectivity index (χ3v) is 7.63. The average molecular weight is 646 g/mol. The van der Waals surface area contributed by atoms with Gasteiger partial charge < -0.3 is 10.3 Å². The van der Waals surface area contributed by atoms with Gasteiger partial charge in [0.1, 0.15) is 17.2 Å². The van der Waals surface area contributed by atoms with Crippen molar-refractivity contribution < 1.29 is 22.0 Å². The second-order valence-electron chi connectivity index (χ2n) is 12.1. The summed E-state index contributed by atoms with van der Waals surface area (Å²) >= 11 is 0. The molecule has 236 valence electrons. The van der Waals surface area contributed by atoms with Gasteiger partial charge in [0.25, 0.3) is 0 Å². The Bertz CT molecular complexity index is 2240. The summed E-state index contributed by atoms with van der Waals surface area (Å²) in [6.45, 7) is 5.77. The van der Waals surface area contributed by atoms with Crippen LogP contribution in [0.3, 0.4) is 0 Å². The van der Waals surface area contributed by atoms with E-state index in [1.165, 1.54) is 43.1 Å². The van der Waals surface area contributed by atoms with Crippen molar-refractivity contribution in [3.63, 3.8) is 0 Å². The number of imidazole rings is 1. The van der Waals surface area contributed by atoms with E-state index in [2.05, 4.69) is 45.2 Å².